The number of hydrogen-bond donors (Lipinski definition) is 1. The average Bonchev–Trinajstić information content (AvgIpc) is 2.89. The lowest BCUT2D eigenvalue weighted by molar-refractivity contribution is 0.316. The van der Waals surface area contributed by atoms with E-state index in [2.05, 4.69) is 83.2 Å². The molecule has 0 aromatic heterocycles. The SMILES string of the molecule is CCCCCCCCCCCCCCC/C(CC/C=C(C)/C=C/C=C(C)/C=C/C1=C(C)CCCC1(C)C)=N\O. The summed E-state index contributed by atoms with van der Waals surface area (Å²) in [7, 11) is 0. The Morgan fingerprint density at radius 1 is 0.821 bits per heavy atom. The molecule has 0 radical (unpaired) electrons. The molecule has 0 saturated carbocycles. The first kappa shape index (κ1) is 35.2. The number of unbranched alkanes of at least 4 members (excludes halogenated alkanes) is 12. The van der Waals surface area contributed by atoms with Crippen LogP contribution < -0.4 is 0 Å². The molecule has 0 amide bonds. The van der Waals surface area contributed by atoms with E-state index in [4.69, 9.17) is 0 Å². The number of rotatable bonds is 21. The van der Waals surface area contributed by atoms with E-state index in [1.807, 2.05) is 0 Å². The average molecular weight is 538 g/mol. The lowest BCUT2D eigenvalue weighted by atomic mass is 9.72. The van der Waals surface area contributed by atoms with Gasteiger partial charge in [-0.15, -0.1) is 0 Å². The third-order valence-corrected chi connectivity index (χ3v) is 8.38. The summed E-state index contributed by atoms with van der Waals surface area (Å²) in [5, 5.41) is 13.0. The lowest BCUT2D eigenvalue weighted by Crippen LogP contribution is -2.19. The molecule has 0 atom stereocenters. The van der Waals surface area contributed by atoms with E-state index in [0.717, 1.165) is 31.4 Å². The van der Waals surface area contributed by atoms with E-state index in [1.54, 1.807) is 5.57 Å². The summed E-state index contributed by atoms with van der Waals surface area (Å²) in [4.78, 5) is 0. The van der Waals surface area contributed by atoms with Crippen molar-refractivity contribution in [3.8, 4) is 0 Å². The molecular weight excluding hydrogens is 474 g/mol. The van der Waals surface area contributed by atoms with Crippen LogP contribution in [0.3, 0.4) is 0 Å². The van der Waals surface area contributed by atoms with Crippen LogP contribution in [0.5, 0.6) is 0 Å². The van der Waals surface area contributed by atoms with E-state index in [-0.39, 0.29) is 5.41 Å². The van der Waals surface area contributed by atoms with Crippen molar-refractivity contribution in [3.63, 3.8) is 0 Å². The first-order valence-electron chi connectivity index (χ1n) is 16.4. The standard InChI is InChI=1S/C37H63NO/c1-7-8-9-10-11-12-13-14-15-16-17-18-19-27-35(38-39)28-21-25-32(2)23-20-24-33(3)29-30-36-34(4)26-22-31-37(36,5)6/h20,23-25,29-30,39H,7-19,21-22,26-28,31H2,1-6H3/b23-20+,30-29+,32-25+,33-24+,38-35+. The van der Waals surface area contributed by atoms with Crippen molar-refractivity contribution >= 4 is 5.71 Å². The zero-order valence-electron chi connectivity index (χ0n) is 26.8. The molecule has 2 heteroatoms. The Bertz CT molecular complexity index is 833. The summed E-state index contributed by atoms with van der Waals surface area (Å²) in [6, 6.07) is 0. The number of hydrogen-bond acceptors (Lipinski definition) is 2. The highest BCUT2D eigenvalue weighted by molar-refractivity contribution is 5.83. The van der Waals surface area contributed by atoms with E-state index < -0.39 is 0 Å². The zero-order valence-corrected chi connectivity index (χ0v) is 26.8. The van der Waals surface area contributed by atoms with Crippen LogP contribution in [0.4, 0.5) is 0 Å². The zero-order chi connectivity index (χ0) is 28.8. The Labute approximate surface area is 243 Å². The normalized spacial score (nSPS) is 17.2. The van der Waals surface area contributed by atoms with Gasteiger partial charge in [-0.1, -0.05) is 156 Å². The minimum Gasteiger partial charge on any atom is -0.411 e. The van der Waals surface area contributed by atoms with E-state index in [0.29, 0.717) is 0 Å². The number of nitrogens with zero attached hydrogens (tertiary/aromatic N) is 1. The van der Waals surface area contributed by atoms with Crippen molar-refractivity contribution in [2.75, 3.05) is 0 Å². The van der Waals surface area contributed by atoms with Crippen molar-refractivity contribution in [2.45, 2.75) is 164 Å². The molecule has 1 rings (SSSR count). The molecule has 1 N–H and O–H groups in total. The Hall–Kier alpha value is -1.83. The summed E-state index contributed by atoms with van der Waals surface area (Å²) in [6.45, 7) is 13.6. The van der Waals surface area contributed by atoms with Crippen LogP contribution in [0, 0.1) is 5.41 Å². The van der Waals surface area contributed by atoms with Crippen LogP contribution in [0.1, 0.15) is 164 Å². The molecule has 0 aromatic carbocycles. The molecule has 0 fully saturated rings. The van der Waals surface area contributed by atoms with Crippen LogP contribution in [-0.4, -0.2) is 10.9 Å². The van der Waals surface area contributed by atoms with Gasteiger partial charge >= 0.3 is 0 Å². The summed E-state index contributed by atoms with van der Waals surface area (Å²) in [6.07, 6.45) is 37.6. The maximum absolute atomic E-state index is 9.41. The van der Waals surface area contributed by atoms with Gasteiger partial charge < -0.3 is 5.21 Å². The van der Waals surface area contributed by atoms with Gasteiger partial charge in [-0.3, -0.25) is 0 Å². The molecule has 0 heterocycles. The maximum atomic E-state index is 9.41. The first-order chi connectivity index (χ1) is 18.8. The molecule has 0 bridgehead atoms. The summed E-state index contributed by atoms with van der Waals surface area (Å²) in [5.74, 6) is 0. The molecule has 0 aliphatic heterocycles. The van der Waals surface area contributed by atoms with E-state index >= 15 is 0 Å². The van der Waals surface area contributed by atoms with E-state index in [1.165, 1.54) is 113 Å². The second-order valence-corrected chi connectivity index (χ2v) is 12.7. The van der Waals surface area contributed by atoms with Gasteiger partial charge in [0.05, 0.1) is 5.71 Å². The molecule has 0 spiro atoms. The monoisotopic (exact) mass is 537 g/mol. The number of oxime groups is 1. The fourth-order valence-corrected chi connectivity index (χ4v) is 5.74. The molecule has 0 unspecified atom stereocenters. The minimum absolute atomic E-state index is 0.289. The third-order valence-electron chi connectivity index (χ3n) is 8.38. The highest BCUT2D eigenvalue weighted by atomic mass is 16.4. The molecular formula is C37H63NO. The van der Waals surface area contributed by atoms with E-state index in [9.17, 15) is 5.21 Å². The summed E-state index contributed by atoms with van der Waals surface area (Å²) < 4.78 is 0. The van der Waals surface area contributed by atoms with Crippen LogP contribution in [0.25, 0.3) is 0 Å². The van der Waals surface area contributed by atoms with Gasteiger partial charge in [0.15, 0.2) is 0 Å². The summed E-state index contributed by atoms with van der Waals surface area (Å²) >= 11 is 0. The smallest absolute Gasteiger partial charge is 0.0573 e. The Morgan fingerprint density at radius 3 is 1.97 bits per heavy atom. The third kappa shape index (κ3) is 17.5. The first-order valence-corrected chi connectivity index (χ1v) is 16.4. The van der Waals surface area contributed by atoms with Crippen molar-refractivity contribution in [2.24, 2.45) is 10.6 Å². The molecule has 1 aliphatic rings. The Kier molecular flexibility index (Phi) is 19.8. The van der Waals surface area contributed by atoms with Gasteiger partial charge in [0.25, 0.3) is 0 Å². The fourth-order valence-electron chi connectivity index (χ4n) is 5.74. The summed E-state index contributed by atoms with van der Waals surface area (Å²) in [5.41, 5.74) is 6.83. The van der Waals surface area contributed by atoms with Crippen LogP contribution in [0.2, 0.25) is 0 Å². The van der Waals surface area contributed by atoms with Crippen molar-refractivity contribution in [1.82, 2.24) is 0 Å². The molecule has 39 heavy (non-hydrogen) atoms. The van der Waals surface area contributed by atoms with Crippen molar-refractivity contribution in [3.05, 3.63) is 58.7 Å². The van der Waals surface area contributed by atoms with Gasteiger partial charge in [0.2, 0.25) is 0 Å². The Balaban J connectivity index is 2.20. The molecule has 2 nitrogen and oxygen atoms in total. The quantitative estimate of drug-likeness (QED) is 0.0510. The number of allylic oxidation sites excluding steroid dienone is 10. The molecule has 222 valence electrons. The van der Waals surface area contributed by atoms with Gasteiger partial charge in [-0.25, -0.2) is 0 Å². The van der Waals surface area contributed by atoms with Crippen LogP contribution in [-0.2, 0) is 0 Å². The predicted octanol–water partition coefficient (Wildman–Crippen LogP) is 12.6. The second kappa shape index (κ2) is 21.9. The maximum Gasteiger partial charge on any atom is 0.0573 e. The van der Waals surface area contributed by atoms with Crippen LogP contribution >= 0.6 is 0 Å². The Morgan fingerprint density at radius 2 is 1.41 bits per heavy atom. The molecule has 1 aliphatic carbocycles. The van der Waals surface area contributed by atoms with Crippen molar-refractivity contribution in [1.29, 1.82) is 0 Å². The van der Waals surface area contributed by atoms with Crippen molar-refractivity contribution < 1.29 is 5.21 Å². The second-order valence-electron chi connectivity index (χ2n) is 12.7. The highest BCUT2D eigenvalue weighted by Gasteiger charge is 2.26. The molecule has 0 aromatic rings. The lowest BCUT2D eigenvalue weighted by Gasteiger charge is -2.32. The van der Waals surface area contributed by atoms with Gasteiger partial charge in [-0.2, -0.15) is 0 Å². The minimum atomic E-state index is 0.289. The van der Waals surface area contributed by atoms with Gasteiger partial charge in [0, 0.05) is 0 Å². The van der Waals surface area contributed by atoms with Gasteiger partial charge in [0.1, 0.15) is 0 Å². The topological polar surface area (TPSA) is 32.6 Å². The highest BCUT2D eigenvalue weighted by Crippen LogP contribution is 2.40. The fraction of sp³-hybridized carbons (Fsp3) is 0.703. The van der Waals surface area contributed by atoms with Crippen LogP contribution in [0.15, 0.2) is 63.9 Å². The largest absolute Gasteiger partial charge is 0.411 e. The van der Waals surface area contributed by atoms with Gasteiger partial charge in [-0.05, 0) is 76.7 Å². The predicted molar refractivity (Wildman–Crippen MR) is 175 cm³/mol. The molecule has 0 saturated heterocycles.